The summed E-state index contributed by atoms with van der Waals surface area (Å²) in [5, 5.41) is 17.8. The van der Waals surface area contributed by atoms with Crippen LogP contribution in [0.5, 0.6) is 0 Å². The summed E-state index contributed by atoms with van der Waals surface area (Å²) in [7, 11) is 0. The molecule has 1 aliphatic rings. The van der Waals surface area contributed by atoms with Crippen LogP contribution in [0.15, 0.2) is 49.1 Å². The fourth-order valence-corrected chi connectivity index (χ4v) is 3.88. The first-order valence-corrected chi connectivity index (χ1v) is 9.35. The molecule has 1 aliphatic heterocycles. The summed E-state index contributed by atoms with van der Waals surface area (Å²) >= 11 is 0. The van der Waals surface area contributed by atoms with Crippen LogP contribution in [-0.4, -0.2) is 36.0 Å². The van der Waals surface area contributed by atoms with Gasteiger partial charge in [0.2, 0.25) is 0 Å². The summed E-state index contributed by atoms with van der Waals surface area (Å²) in [6.45, 7) is 0.593. The maximum absolute atomic E-state index is 14.4. The van der Waals surface area contributed by atoms with Crippen LogP contribution < -0.4 is 4.90 Å². The fourth-order valence-electron chi connectivity index (χ4n) is 3.88. The number of benzene rings is 1. The van der Waals surface area contributed by atoms with Gasteiger partial charge in [-0.25, -0.2) is 23.0 Å². The van der Waals surface area contributed by atoms with E-state index in [1.807, 2.05) is 11.0 Å². The summed E-state index contributed by atoms with van der Waals surface area (Å²) in [5.41, 5.74) is 2.28. The molecule has 0 amide bonds. The topological polar surface area (TPSA) is 71.5 Å². The third-order valence-electron chi connectivity index (χ3n) is 5.27. The largest absolute Gasteiger partial charge is 0.392 e. The predicted molar refractivity (Wildman–Crippen MR) is 102 cm³/mol. The van der Waals surface area contributed by atoms with Crippen LogP contribution in [0.1, 0.15) is 30.0 Å². The van der Waals surface area contributed by atoms with Crippen LogP contribution in [0.25, 0.3) is 11.3 Å². The molecule has 1 atom stereocenters. The van der Waals surface area contributed by atoms with Crippen LogP contribution >= 0.6 is 0 Å². The molecular weight excluding hydrogens is 378 g/mol. The Hall–Kier alpha value is -3.33. The zero-order valence-corrected chi connectivity index (χ0v) is 15.4. The molecule has 1 fully saturated rings. The first-order valence-electron chi connectivity index (χ1n) is 9.35. The highest BCUT2D eigenvalue weighted by atomic mass is 19.1. The number of rotatable bonds is 4. The van der Waals surface area contributed by atoms with E-state index in [1.165, 1.54) is 12.1 Å². The normalized spacial score (nSPS) is 16.8. The van der Waals surface area contributed by atoms with Crippen LogP contribution in [-0.2, 0) is 6.61 Å². The Morgan fingerprint density at radius 2 is 2.03 bits per heavy atom. The summed E-state index contributed by atoms with van der Waals surface area (Å²) in [6, 6.07) is 5.11. The van der Waals surface area contributed by atoms with Gasteiger partial charge in [-0.1, -0.05) is 0 Å². The number of hydrogen-bond acceptors (Lipinski definition) is 5. The van der Waals surface area contributed by atoms with Crippen molar-refractivity contribution in [2.24, 2.45) is 0 Å². The van der Waals surface area contributed by atoms with Gasteiger partial charge < -0.3 is 10.0 Å². The molecule has 1 saturated heterocycles. The number of nitrogens with zero attached hydrogens (tertiary/aromatic N) is 6. The monoisotopic (exact) mass is 396 g/mol. The third-order valence-corrected chi connectivity index (χ3v) is 5.27. The SMILES string of the molecule is OCc1cnn(-c2cnn3ccc(N4CCCC4c4cc(F)ccc4F)nc23)c1. The van der Waals surface area contributed by atoms with Crippen LogP contribution in [0, 0.1) is 11.6 Å². The Balaban J connectivity index is 1.56. The molecule has 1 unspecified atom stereocenters. The highest BCUT2D eigenvalue weighted by molar-refractivity contribution is 5.61. The zero-order valence-electron chi connectivity index (χ0n) is 15.4. The van der Waals surface area contributed by atoms with Gasteiger partial charge in [-0.15, -0.1) is 0 Å². The molecule has 1 aromatic carbocycles. The molecule has 0 saturated carbocycles. The molecule has 4 aromatic rings. The van der Waals surface area contributed by atoms with Crippen molar-refractivity contribution in [1.29, 1.82) is 0 Å². The predicted octanol–water partition coefficient (Wildman–Crippen LogP) is 3.03. The van der Waals surface area contributed by atoms with Crippen molar-refractivity contribution < 1.29 is 13.9 Å². The Labute approximate surface area is 164 Å². The highest BCUT2D eigenvalue weighted by Crippen LogP contribution is 2.37. The van der Waals surface area contributed by atoms with Gasteiger partial charge in [0.25, 0.3) is 0 Å². The molecule has 4 heterocycles. The average Bonchev–Trinajstić information content (AvgIpc) is 3.47. The summed E-state index contributed by atoms with van der Waals surface area (Å²) in [4.78, 5) is 6.74. The van der Waals surface area contributed by atoms with Crippen LogP contribution in [0.4, 0.5) is 14.6 Å². The molecule has 0 aliphatic carbocycles. The number of hydrogen-bond donors (Lipinski definition) is 1. The van der Waals surface area contributed by atoms with Gasteiger partial charge in [0, 0.05) is 30.1 Å². The summed E-state index contributed by atoms with van der Waals surface area (Å²) in [6.07, 6.45) is 8.31. The molecular formula is C20H18F2N6O. The van der Waals surface area contributed by atoms with Crippen molar-refractivity contribution in [2.75, 3.05) is 11.4 Å². The molecule has 7 nitrogen and oxygen atoms in total. The minimum absolute atomic E-state index is 0.105. The molecule has 0 bridgehead atoms. The maximum Gasteiger partial charge on any atom is 0.183 e. The number of halogens is 2. The molecule has 3 aromatic heterocycles. The van der Waals surface area contributed by atoms with Gasteiger partial charge in [0.15, 0.2) is 5.65 Å². The molecule has 5 rings (SSSR count). The van der Waals surface area contributed by atoms with Gasteiger partial charge in [0.05, 0.1) is 25.0 Å². The number of aromatic nitrogens is 5. The van der Waals surface area contributed by atoms with E-state index in [0.29, 0.717) is 34.8 Å². The molecule has 148 valence electrons. The van der Waals surface area contributed by atoms with E-state index in [-0.39, 0.29) is 12.6 Å². The number of anilines is 1. The molecule has 29 heavy (non-hydrogen) atoms. The van der Waals surface area contributed by atoms with Gasteiger partial charge in [-0.05, 0) is 37.1 Å². The minimum Gasteiger partial charge on any atom is -0.392 e. The van der Waals surface area contributed by atoms with E-state index in [1.54, 1.807) is 34.0 Å². The van der Waals surface area contributed by atoms with E-state index in [2.05, 4.69) is 10.2 Å². The van der Waals surface area contributed by atoms with Gasteiger partial charge in [-0.3, -0.25) is 0 Å². The van der Waals surface area contributed by atoms with Crippen molar-refractivity contribution in [2.45, 2.75) is 25.5 Å². The third kappa shape index (κ3) is 3.03. The lowest BCUT2D eigenvalue weighted by Crippen LogP contribution is -2.24. The van der Waals surface area contributed by atoms with Gasteiger partial charge in [0.1, 0.15) is 23.1 Å². The Morgan fingerprint density at radius 3 is 2.86 bits per heavy atom. The quantitative estimate of drug-likeness (QED) is 0.574. The second-order valence-corrected chi connectivity index (χ2v) is 7.05. The zero-order chi connectivity index (χ0) is 20.0. The summed E-state index contributed by atoms with van der Waals surface area (Å²) < 4.78 is 31.3. The van der Waals surface area contributed by atoms with Gasteiger partial charge >= 0.3 is 0 Å². The maximum atomic E-state index is 14.4. The van der Waals surface area contributed by atoms with Crippen molar-refractivity contribution in [1.82, 2.24) is 24.4 Å². The lowest BCUT2D eigenvalue weighted by Gasteiger charge is -2.26. The molecule has 0 spiro atoms. The van der Waals surface area contributed by atoms with Crippen LogP contribution in [0.2, 0.25) is 0 Å². The Kier molecular flexibility index (Phi) is 4.24. The van der Waals surface area contributed by atoms with Gasteiger partial charge in [-0.2, -0.15) is 10.2 Å². The Bertz CT molecular complexity index is 1190. The minimum atomic E-state index is -0.451. The summed E-state index contributed by atoms with van der Waals surface area (Å²) in [5.74, 6) is -0.199. The lowest BCUT2D eigenvalue weighted by atomic mass is 10.0. The first-order chi connectivity index (χ1) is 14.1. The van der Waals surface area contributed by atoms with Crippen molar-refractivity contribution >= 4 is 11.5 Å². The second kappa shape index (κ2) is 6.93. The first kappa shape index (κ1) is 17.7. The number of aliphatic hydroxyl groups is 1. The highest BCUT2D eigenvalue weighted by Gasteiger charge is 2.30. The lowest BCUT2D eigenvalue weighted by molar-refractivity contribution is 0.282. The number of aliphatic hydroxyl groups excluding tert-OH is 1. The smallest absolute Gasteiger partial charge is 0.183 e. The van der Waals surface area contributed by atoms with E-state index in [4.69, 9.17) is 4.98 Å². The Morgan fingerprint density at radius 1 is 1.14 bits per heavy atom. The average molecular weight is 396 g/mol. The standard InChI is InChI=1S/C20H18F2N6O/c21-14-3-4-16(22)15(8-14)17-2-1-6-26(17)19-5-7-27-20(25-19)18(10-24-27)28-11-13(12-29)9-23-28/h3-5,7-11,17,29H,1-2,6,12H2. The second-order valence-electron chi connectivity index (χ2n) is 7.05. The van der Waals surface area contributed by atoms with E-state index < -0.39 is 11.6 Å². The van der Waals surface area contributed by atoms with E-state index >= 15 is 0 Å². The van der Waals surface area contributed by atoms with Crippen molar-refractivity contribution in [3.8, 4) is 5.69 Å². The van der Waals surface area contributed by atoms with E-state index in [0.717, 1.165) is 18.9 Å². The van der Waals surface area contributed by atoms with E-state index in [9.17, 15) is 13.9 Å². The van der Waals surface area contributed by atoms with Crippen molar-refractivity contribution in [3.63, 3.8) is 0 Å². The fraction of sp³-hybridized carbons (Fsp3) is 0.250. The van der Waals surface area contributed by atoms with Crippen LogP contribution in [0.3, 0.4) is 0 Å². The molecule has 1 N–H and O–H groups in total. The molecule has 9 heteroatoms. The molecule has 0 radical (unpaired) electrons. The number of fused-ring (bicyclic) bond motifs is 1. The van der Waals surface area contributed by atoms with Crippen molar-refractivity contribution in [3.05, 3.63) is 71.8 Å².